The molecule has 0 saturated heterocycles. The fourth-order valence-corrected chi connectivity index (χ4v) is 1.97. The highest BCUT2D eigenvalue weighted by molar-refractivity contribution is 5.74. The van der Waals surface area contributed by atoms with Gasteiger partial charge in [-0.25, -0.2) is 0 Å². The minimum atomic E-state index is -5.56. The molecule has 0 unspecified atom stereocenters. The Morgan fingerprint density at radius 3 is 1.72 bits per heavy atom. The van der Waals surface area contributed by atoms with Gasteiger partial charge in [-0.15, -0.1) is 0 Å². The van der Waals surface area contributed by atoms with E-state index < -0.39 is 41.1 Å². The van der Waals surface area contributed by atoms with Crippen molar-refractivity contribution in [3.63, 3.8) is 0 Å². The first kappa shape index (κ1) is 14.8. The van der Waals surface area contributed by atoms with E-state index in [1.165, 1.54) is 13.8 Å². The number of carbonyl (C=O) groups excluding carboxylic acids is 1. The molecule has 0 amide bonds. The molecule has 1 aliphatic rings. The highest BCUT2D eigenvalue weighted by Crippen LogP contribution is 2.60. The van der Waals surface area contributed by atoms with E-state index in [9.17, 15) is 36.2 Å². The van der Waals surface area contributed by atoms with Crippen LogP contribution < -0.4 is 5.11 Å². The SMILES string of the molecule is CC1(C)[C@H](C=C(C(F)(F)F)C(F)(F)F)[C@H]1C(=O)[O-]. The summed E-state index contributed by atoms with van der Waals surface area (Å²) in [4.78, 5) is 10.6. The molecule has 0 spiro atoms. The van der Waals surface area contributed by atoms with Crippen molar-refractivity contribution in [1.82, 2.24) is 0 Å². The number of halogens is 6. The van der Waals surface area contributed by atoms with Gasteiger partial charge in [0.05, 0.1) is 0 Å². The highest BCUT2D eigenvalue weighted by atomic mass is 19.4. The second kappa shape index (κ2) is 3.89. The molecule has 0 aromatic heterocycles. The average molecular weight is 275 g/mol. The van der Waals surface area contributed by atoms with Crippen LogP contribution in [-0.2, 0) is 4.79 Å². The van der Waals surface area contributed by atoms with Gasteiger partial charge >= 0.3 is 12.4 Å². The second-order valence-corrected chi connectivity index (χ2v) is 4.72. The maximum Gasteiger partial charge on any atom is 0.421 e. The van der Waals surface area contributed by atoms with Crippen LogP contribution in [0.5, 0.6) is 0 Å². The molecule has 0 radical (unpaired) electrons. The van der Waals surface area contributed by atoms with Gasteiger partial charge in [0.15, 0.2) is 0 Å². The summed E-state index contributed by atoms with van der Waals surface area (Å²) in [6.07, 6.45) is -11.2. The number of hydrogen-bond donors (Lipinski definition) is 0. The number of carboxylic acid groups (broad SMARTS) is 1. The topological polar surface area (TPSA) is 40.1 Å². The minimum Gasteiger partial charge on any atom is -0.550 e. The first-order chi connectivity index (χ1) is 7.79. The Morgan fingerprint density at radius 1 is 1.11 bits per heavy atom. The van der Waals surface area contributed by atoms with E-state index in [4.69, 9.17) is 0 Å². The zero-order valence-corrected chi connectivity index (χ0v) is 9.32. The molecule has 0 heterocycles. The maximum atomic E-state index is 12.2. The van der Waals surface area contributed by atoms with Gasteiger partial charge < -0.3 is 9.90 Å². The van der Waals surface area contributed by atoms with Crippen LogP contribution in [0.4, 0.5) is 26.3 Å². The quantitative estimate of drug-likeness (QED) is 0.571. The van der Waals surface area contributed by atoms with Crippen LogP contribution in [0.1, 0.15) is 13.8 Å². The summed E-state index contributed by atoms with van der Waals surface area (Å²) < 4.78 is 73.4. The van der Waals surface area contributed by atoms with Crippen molar-refractivity contribution in [3.05, 3.63) is 11.6 Å². The second-order valence-electron chi connectivity index (χ2n) is 4.72. The summed E-state index contributed by atoms with van der Waals surface area (Å²) in [5, 5.41) is 10.6. The monoisotopic (exact) mass is 275 g/mol. The molecule has 18 heavy (non-hydrogen) atoms. The van der Waals surface area contributed by atoms with Crippen molar-refractivity contribution in [2.24, 2.45) is 17.3 Å². The molecule has 0 aliphatic heterocycles. The molecule has 0 N–H and O–H groups in total. The van der Waals surface area contributed by atoms with Gasteiger partial charge in [-0.05, 0) is 11.3 Å². The Balaban J connectivity index is 3.11. The zero-order valence-electron chi connectivity index (χ0n) is 9.32. The normalized spacial score (nSPS) is 26.7. The molecule has 8 heteroatoms. The lowest BCUT2D eigenvalue weighted by atomic mass is 10.1. The van der Waals surface area contributed by atoms with Gasteiger partial charge in [0.2, 0.25) is 0 Å². The smallest absolute Gasteiger partial charge is 0.421 e. The lowest BCUT2D eigenvalue weighted by Crippen LogP contribution is -2.27. The van der Waals surface area contributed by atoms with Crippen LogP contribution in [-0.4, -0.2) is 18.3 Å². The fraction of sp³-hybridized carbons (Fsp3) is 0.700. The molecular weight excluding hydrogens is 266 g/mol. The number of carbonyl (C=O) groups is 1. The van der Waals surface area contributed by atoms with Crippen LogP contribution in [0.25, 0.3) is 0 Å². The van der Waals surface area contributed by atoms with Crippen molar-refractivity contribution >= 4 is 5.97 Å². The van der Waals surface area contributed by atoms with E-state index >= 15 is 0 Å². The summed E-state index contributed by atoms with van der Waals surface area (Å²) >= 11 is 0. The summed E-state index contributed by atoms with van der Waals surface area (Å²) in [5.74, 6) is -4.32. The minimum absolute atomic E-state index is 0.0551. The van der Waals surface area contributed by atoms with E-state index in [1.54, 1.807) is 0 Å². The lowest BCUT2D eigenvalue weighted by molar-refractivity contribution is -0.309. The third-order valence-corrected chi connectivity index (χ3v) is 3.12. The number of allylic oxidation sites excluding steroid dienone is 2. The van der Waals surface area contributed by atoms with Crippen LogP contribution in [0, 0.1) is 17.3 Å². The summed E-state index contributed by atoms with van der Waals surface area (Å²) in [6, 6.07) is 0. The summed E-state index contributed by atoms with van der Waals surface area (Å²) in [6.45, 7) is 2.55. The highest BCUT2D eigenvalue weighted by Gasteiger charge is 2.60. The number of aliphatic carboxylic acids is 1. The lowest BCUT2D eigenvalue weighted by Gasteiger charge is -2.15. The predicted octanol–water partition coefficient (Wildman–Crippen LogP) is 2.06. The van der Waals surface area contributed by atoms with Crippen molar-refractivity contribution in [3.8, 4) is 0 Å². The summed E-state index contributed by atoms with van der Waals surface area (Å²) in [7, 11) is 0. The molecule has 104 valence electrons. The Kier molecular flexibility index (Phi) is 3.21. The first-order valence-corrected chi connectivity index (χ1v) is 4.86. The number of rotatable bonds is 2. The number of alkyl halides is 6. The van der Waals surface area contributed by atoms with E-state index in [-0.39, 0.29) is 6.08 Å². The van der Waals surface area contributed by atoms with Crippen molar-refractivity contribution in [1.29, 1.82) is 0 Å². The third kappa shape index (κ3) is 2.62. The average Bonchev–Trinajstić information content (AvgIpc) is 2.59. The zero-order chi connectivity index (χ0) is 14.5. The van der Waals surface area contributed by atoms with Crippen molar-refractivity contribution in [2.75, 3.05) is 0 Å². The van der Waals surface area contributed by atoms with Gasteiger partial charge in [0.25, 0.3) is 0 Å². The van der Waals surface area contributed by atoms with E-state index in [0.717, 1.165) is 0 Å². The van der Waals surface area contributed by atoms with Crippen LogP contribution >= 0.6 is 0 Å². The molecular formula is C10H9F6O2-. The fourth-order valence-electron chi connectivity index (χ4n) is 1.97. The Morgan fingerprint density at radius 2 is 1.50 bits per heavy atom. The van der Waals surface area contributed by atoms with Gasteiger partial charge in [0.1, 0.15) is 5.57 Å². The Hall–Kier alpha value is -1.21. The molecule has 2 atom stereocenters. The van der Waals surface area contributed by atoms with E-state index in [2.05, 4.69) is 0 Å². The molecule has 1 saturated carbocycles. The maximum absolute atomic E-state index is 12.2. The Labute approximate surface area is 98.3 Å². The van der Waals surface area contributed by atoms with Crippen LogP contribution in [0.2, 0.25) is 0 Å². The largest absolute Gasteiger partial charge is 0.550 e. The molecule has 1 aliphatic carbocycles. The van der Waals surface area contributed by atoms with Crippen LogP contribution in [0.3, 0.4) is 0 Å². The van der Waals surface area contributed by atoms with E-state index in [1.807, 2.05) is 0 Å². The molecule has 0 aromatic rings. The molecule has 2 nitrogen and oxygen atoms in total. The molecule has 0 bridgehead atoms. The third-order valence-electron chi connectivity index (χ3n) is 3.12. The van der Waals surface area contributed by atoms with Gasteiger partial charge in [-0.2, -0.15) is 26.3 Å². The standard InChI is InChI=1S/C10H10F6O2/c1-8(2)4(6(8)7(17)18)3-5(9(11,12)13)10(14,15)16/h3-4,6H,1-2H3,(H,17,18)/p-1/t4-,6+/m1/s1. The summed E-state index contributed by atoms with van der Waals surface area (Å²) in [5.41, 5.74) is -3.84. The van der Waals surface area contributed by atoms with Crippen molar-refractivity contribution < 1.29 is 36.2 Å². The predicted molar refractivity (Wildman–Crippen MR) is 46.0 cm³/mol. The van der Waals surface area contributed by atoms with Crippen LogP contribution in [0.15, 0.2) is 11.6 Å². The van der Waals surface area contributed by atoms with Gasteiger partial charge in [-0.3, -0.25) is 0 Å². The molecule has 1 rings (SSSR count). The molecule has 0 aromatic carbocycles. The van der Waals surface area contributed by atoms with Gasteiger partial charge in [-0.1, -0.05) is 19.9 Å². The Bertz CT molecular complexity index is 374. The van der Waals surface area contributed by atoms with Crippen molar-refractivity contribution in [2.45, 2.75) is 26.2 Å². The van der Waals surface area contributed by atoms with Gasteiger partial charge in [0, 0.05) is 11.9 Å². The number of hydrogen-bond acceptors (Lipinski definition) is 2. The molecule has 1 fully saturated rings. The van der Waals surface area contributed by atoms with E-state index in [0.29, 0.717) is 0 Å². The first-order valence-electron chi connectivity index (χ1n) is 4.86. The number of carboxylic acids is 1.